The van der Waals surface area contributed by atoms with Gasteiger partial charge in [0, 0.05) is 11.0 Å². The Morgan fingerprint density at radius 3 is 2.58 bits per heavy atom. The van der Waals surface area contributed by atoms with Crippen molar-refractivity contribution in [3.05, 3.63) is 11.6 Å². The third-order valence-electron chi connectivity index (χ3n) is 4.73. The molecule has 1 fully saturated rings. The molecule has 1 unspecified atom stereocenters. The number of Topliss-reactive ketones (excluding diaryl/α,β-unsaturated/α-hetero) is 1. The molecule has 0 bridgehead atoms. The van der Waals surface area contributed by atoms with E-state index in [-0.39, 0.29) is 17.3 Å². The molecule has 0 aromatic rings. The van der Waals surface area contributed by atoms with Gasteiger partial charge in [0.05, 0.1) is 11.7 Å². The van der Waals surface area contributed by atoms with Crippen molar-refractivity contribution in [2.45, 2.75) is 70.9 Å². The summed E-state index contributed by atoms with van der Waals surface area (Å²) in [5, 5.41) is 10.4. The molecule has 3 nitrogen and oxygen atoms in total. The summed E-state index contributed by atoms with van der Waals surface area (Å²) in [4.78, 5) is 12.1. The fraction of sp³-hybridized carbons (Fsp3) is 0.800. The third kappa shape index (κ3) is 2.24. The zero-order valence-electron chi connectivity index (χ0n) is 12.7. The van der Waals surface area contributed by atoms with Crippen molar-refractivity contribution in [3.63, 3.8) is 0 Å². The van der Waals surface area contributed by atoms with E-state index in [1.165, 1.54) is 0 Å². The fourth-order valence-electron chi connectivity index (χ4n) is 3.88. The smallest absolute Gasteiger partial charge is 0.185 e. The van der Waals surface area contributed by atoms with Crippen LogP contribution in [0.1, 0.15) is 39.5 Å². The lowest BCUT2D eigenvalue weighted by atomic mass is 9.64. The van der Waals surface area contributed by atoms with E-state index in [0.717, 1.165) is 31.3 Å². The van der Waals surface area contributed by atoms with E-state index < -0.39 is 13.9 Å². The molecule has 0 aromatic carbocycles. The molecule has 108 valence electrons. The van der Waals surface area contributed by atoms with Gasteiger partial charge in [-0.05, 0) is 52.2 Å². The molecule has 1 N–H and O–H groups in total. The van der Waals surface area contributed by atoms with E-state index in [0.29, 0.717) is 0 Å². The van der Waals surface area contributed by atoms with Crippen molar-refractivity contribution < 1.29 is 14.3 Å². The Balaban J connectivity index is 2.54. The lowest BCUT2D eigenvalue weighted by Gasteiger charge is -2.51. The first-order valence-corrected chi connectivity index (χ1v) is 10.6. The maximum Gasteiger partial charge on any atom is 0.185 e. The normalized spacial score (nSPS) is 38.8. The van der Waals surface area contributed by atoms with Gasteiger partial charge in [-0.25, -0.2) is 0 Å². The summed E-state index contributed by atoms with van der Waals surface area (Å²) in [6.45, 7) is 10.2. The molecule has 0 radical (unpaired) electrons. The topological polar surface area (TPSA) is 46.5 Å². The van der Waals surface area contributed by atoms with Gasteiger partial charge >= 0.3 is 0 Å². The average Bonchev–Trinajstić information content (AvgIpc) is 2.50. The summed E-state index contributed by atoms with van der Waals surface area (Å²) >= 11 is 0. The minimum atomic E-state index is -1.81. The number of ketones is 1. The lowest BCUT2D eigenvalue weighted by Crippen LogP contribution is -2.57. The summed E-state index contributed by atoms with van der Waals surface area (Å²) in [6, 6.07) is 0. The van der Waals surface area contributed by atoms with Gasteiger partial charge in [-0.1, -0.05) is 13.0 Å². The molecule has 2 aliphatic rings. The highest BCUT2D eigenvalue weighted by molar-refractivity contribution is 6.69. The maximum atomic E-state index is 12.1. The average molecular weight is 282 g/mol. The van der Waals surface area contributed by atoms with E-state index in [9.17, 15) is 9.90 Å². The van der Waals surface area contributed by atoms with Crippen LogP contribution < -0.4 is 0 Å². The Hall–Kier alpha value is -0.453. The van der Waals surface area contributed by atoms with Crippen LogP contribution in [0.15, 0.2) is 11.6 Å². The highest BCUT2D eigenvalue weighted by Gasteiger charge is 2.62. The molecule has 4 heteroatoms. The SMILES string of the molecule is CC(=O)C1=CCC[C@]2(C)C(O)CC[C@]12O[Si](C)(C)C. The second-order valence-electron chi connectivity index (χ2n) is 7.23. The van der Waals surface area contributed by atoms with Gasteiger partial charge in [0.15, 0.2) is 14.1 Å². The number of aliphatic hydroxyl groups excluding tert-OH is 1. The highest BCUT2D eigenvalue weighted by Crippen LogP contribution is 2.58. The molecule has 1 saturated carbocycles. The number of rotatable bonds is 3. The molecule has 0 amide bonds. The molecule has 0 aliphatic heterocycles. The molecule has 0 spiro atoms. The third-order valence-corrected chi connectivity index (χ3v) is 5.70. The standard InChI is InChI=1S/C15H26O3Si/c1-11(16)12-7-6-9-14(2)13(17)8-10-15(12,14)18-19(3,4)5/h7,13,17H,6,8-10H2,1-5H3/t13?,14-,15+/m1/s1. The first-order valence-electron chi connectivity index (χ1n) is 7.22. The summed E-state index contributed by atoms with van der Waals surface area (Å²) in [5.74, 6) is 0.0956. The maximum absolute atomic E-state index is 12.1. The van der Waals surface area contributed by atoms with E-state index in [4.69, 9.17) is 4.43 Å². The van der Waals surface area contributed by atoms with Crippen molar-refractivity contribution in [1.29, 1.82) is 0 Å². The van der Waals surface area contributed by atoms with Crippen LogP contribution in [0.2, 0.25) is 19.6 Å². The fourth-order valence-corrected chi connectivity index (χ4v) is 5.37. The van der Waals surface area contributed by atoms with E-state index >= 15 is 0 Å². The van der Waals surface area contributed by atoms with Gasteiger partial charge in [-0.3, -0.25) is 4.79 Å². The van der Waals surface area contributed by atoms with Crippen molar-refractivity contribution in [3.8, 4) is 0 Å². The molecule has 2 aliphatic carbocycles. The largest absolute Gasteiger partial charge is 0.407 e. The Kier molecular flexibility index (Phi) is 3.57. The first kappa shape index (κ1) is 14.9. The predicted molar refractivity (Wildman–Crippen MR) is 78.5 cm³/mol. The van der Waals surface area contributed by atoms with E-state index in [1.807, 2.05) is 6.08 Å². The summed E-state index contributed by atoms with van der Waals surface area (Å²) in [5.41, 5.74) is -0.0653. The summed E-state index contributed by atoms with van der Waals surface area (Å²) in [7, 11) is -1.81. The zero-order valence-corrected chi connectivity index (χ0v) is 13.7. The van der Waals surface area contributed by atoms with Crippen LogP contribution in [0, 0.1) is 5.41 Å². The zero-order chi connectivity index (χ0) is 14.5. The first-order chi connectivity index (χ1) is 8.62. The minimum absolute atomic E-state index is 0.0956. The van der Waals surface area contributed by atoms with Crippen molar-refractivity contribution >= 4 is 14.1 Å². The van der Waals surface area contributed by atoms with Gasteiger partial charge < -0.3 is 9.53 Å². The predicted octanol–water partition coefficient (Wildman–Crippen LogP) is 3.05. The molecule has 0 saturated heterocycles. The Morgan fingerprint density at radius 2 is 2.05 bits per heavy atom. The molecule has 19 heavy (non-hydrogen) atoms. The van der Waals surface area contributed by atoms with E-state index in [1.54, 1.807) is 6.92 Å². The lowest BCUT2D eigenvalue weighted by molar-refractivity contribution is -0.120. The molecular formula is C15H26O3Si. The second kappa shape index (κ2) is 4.54. The monoisotopic (exact) mass is 282 g/mol. The number of aliphatic hydroxyl groups is 1. The molecule has 0 heterocycles. The van der Waals surface area contributed by atoms with Crippen LogP contribution in [0.4, 0.5) is 0 Å². The van der Waals surface area contributed by atoms with Gasteiger partial charge in [-0.2, -0.15) is 0 Å². The minimum Gasteiger partial charge on any atom is -0.407 e. The van der Waals surface area contributed by atoms with Crippen LogP contribution in [-0.2, 0) is 9.22 Å². The van der Waals surface area contributed by atoms with Gasteiger partial charge in [0.2, 0.25) is 0 Å². The highest BCUT2D eigenvalue weighted by atomic mass is 28.4. The Labute approximate surface area is 117 Å². The van der Waals surface area contributed by atoms with Crippen LogP contribution in [0.5, 0.6) is 0 Å². The van der Waals surface area contributed by atoms with Crippen molar-refractivity contribution in [2.24, 2.45) is 5.41 Å². The Bertz CT molecular complexity index is 424. The number of carbonyl (C=O) groups excluding carboxylic acids is 1. The summed E-state index contributed by atoms with van der Waals surface area (Å²) < 4.78 is 6.53. The number of allylic oxidation sites excluding steroid dienone is 1. The van der Waals surface area contributed by atoms with E-state index in [2.05, 4.69) is 26.6 Å². The van der Waals surface area contributed by atoms with Gasteiger partial charge in [0.25, 0.3) is 0 Å². The van der Waals surface area contributed by atoms with Crippen LogP contribution in [0.25, 0.3) is 0 Å². The van der Waals surface area contributed by atoms with Crippen LogP contribution >= 0.6 is 0 Å². The van der Waals surface area contributed by atoms with Crippen LogP contribution in [-0.4, -0.2) is 30.9 Å². The molecule has 3 atom stereocenters. The molecular weight excluding hydrogens is 256 g/mol. The summed E-state index contributed by atoms with van der Waals surface area (Å²) in [6.07, 6.45) is 4.93. The van der Waals surface area contributed by atoms with Crippen molar-refractivity contribution in [1.82, 2.24) is 0 Å². The number of fused-ring (bicyclic) bond motifs is 1. The van der Waals surface area contributed by atoms with Gasteiger partial charge in [-0.15, -0.1) is 0 Å². The number of carbonyl (C=O) groups is 1. The van der Waals surface area contributed by atoms with Crippen LogP contribution in [0.3, 0.4) is 0 Å². The molecule has 2 rings (SSSR count). The number of hydrogen-bond acceptors (Lipinski definition) is 3. The molecule has 0 aromatic heterocycles. The van der Waals surface area contributed by atoms with Crippen molar-refractivity contribution in [2.75, 3.05) is 0 Å². The second-order valence-corrected chi connectivity index (χ2v) is 11.7. The Morgan fingerprint density at radius 1 is 1.42 bits per heavy atom. The number of hydrogen-bond donors (Lipinski definition) is 1. The quantitative estimate of drug-likeness (QED) is 0.809. The van der Waals surface area contributed by atoms with Gasteiger partial charge in [0.1, 0.15) is 0 Å².